The summed E-state index contributed by atoms with van der Waals surface area (Å²) in [6.45, 7) is 3.83. The third-order valence-corrected chi connectivity index (χ3v) is 5.02. The standard InChI is InChI=1S/C16H25N3O2/c1-11-9-13(21-15(11)16(20)18-17)10-19-8-4-6-12-5-2-3-7-14(12)19/h9,12,14H,2-8,10,17H2,1H3,(H,18,20). The van der Waals surface area contributed by atoms with Crippen molar-refractivity contribution in [2.45, 2.75) is 58.0 Å². The number of hydrogen-bond acceptors (Lipinski definition) is 4. The van der Waals surface area contributed by atoms with Crippen molar-refractivity contribution in [3.63, 3.8) is 0 Å². The maximum Gasteiger partial charge on any atom is 0.301 e. The molecule has 0 spiro atoms. The molecule has 1 aliphatic heterocycles. The number of piperidine rings is 1. The van der Waals surface area contributed by atoms with Crippen molar-refractivity contribution < 1.29 is 9.21 Å². The largest absolute Gasteiger partial charge is 0.454 e. The summed E-state index contributed by atoms with van der Waals surface area (Å²) in [5.41, 5.74) is 2.99. The van der Waals surface area contributed by atoms with E-state index in [0.717, 1.165) is 30.3 Å². The van der Waals surface area contributed by atoms with Gasteiger partial charge in [-0.25, -0.2) is 5.84 Å². The molecule has 5 heteroatoms. The number of rotatable bonds is 3. The second kappa shape index (κ2) is 6.20. The van der Waals surface area contributed by atoms with Crippen LogP contribution in [0.25, 0.3) is 0 Å². The van der Waals surface area contributed by atoms with Crippen molar-refractivity contribution in [2.75, 3.05) is 6.54 Å². The summed E-state index contributed by atoms with van der Waals surface area (Å²) in [7, 11) is 0. The lowest BCUT2D eigenvalue weighted by Crippen LogP contribution is -2.46. The highest BCUT2D eigenvalue weighted by Crippen LogP contribution is 2.36. The quantitative estimate of drug-likeness (QED) is 0.509. The molecule has 2 heterocycles. The van der Waals surface area contributed by atoms with Crippen LogP contribution < -0.4 is 11.3 Å². The monoisotopic (exact) mass is 291 g/mol. The minimum atomic E-state index is -0.354. The van der Waals surface area contributed by atoms with Gasteiger partial charge in [0.1, 0.15) is 5.76 Å². The Labute approximate surface area is 125 Å². The van der Waals surface area contributed by atoms with Gasteiger partial charge in [0, 0.05) is 11.6 Å². The highest BCUT2D eigenvalue weighted by atomic mass is 16.4. The molecule has 2 unspecified atom stereocenters. The number of carbonyl (C=O) groups is 1. The van der Waals surface area contributed by atoms with Crippen LogP contribution in [-0.2, 0) is 6.54 Å². The predicted octanol–water partition coefficient (Wildman–Crippen LogP) is 2.35. The van der Waals surface area contributed by atoms with Gasteiger partial charge in [-0.3, -0.25) is 15.1 Å². The van der Waals surface area contributed by atoms with E-state index >= 15 is 0 Å². The molecular weight excluding hydrogens is 266 g/mol. The van der Waals surface area contributed by atoms with E-state index in [-0.39, 0.29) is 5.91 Å². The van der Waals surface area contributed by atoms with Gasteiger partial charge in [-0.05, 0) is 51.1 Å². The highest BCUT2D eigenvalue weighted by Gasteiger charge is 2.33. The van der Waals surface area contributed by atoms with Gasteiger partial charge in [0.15, 0.2) is 5.76 Å². The number of nitrogen functional groups attached to an aromatic ring is 1. The zero-order chi connectivity index (χ0) is 14.8. The lowest BCUT2D eigenvalue weighted by atomic mass is 9.78. The molecule has 3 rings (SSSR count). The number of hydrazine groups is 1. The van der Waals surface area contributed by atoms with Crippen molar-refractivity contribution in [1.82, 2.24) is 10.3 Å². The van der Waals surface area contributed by atoms with E-state index in [0.29, 0.717) is 11.8 Å². The Morgan fingerprint density at radius 2 is 2.14 bits per heavy atom. The fraction of sp³-hybridized carbons (Fsp3) is 0.688. The second-order valence-electron chi connectivity index (χ2n) is 6.42. The fourth-order valence-corrected chi connectivity index (χ4v) is 4.04. The molecule has 2 atom stereocenters. The molecule has 1 aromatic rings. The average molecular weight is 291 g/mol. The molecular formula is C16H25N3O2. The minimum absolute atomic E-state index is 0.338. The van der Waals surface area contributed by atoms with E-state index in [4.69, 9.17) is 10.3 Å². The van der Waals surface area contributed by atoms with Crippen molar-refractivity contribution in [3.8, 4) is 0 Å². The van der Waals surface area contributed by atoms with Crippen LogP contribution >= 0.6 is 0 Å². The molecule has 1 saturated heterocycles. The SMILES string of the molecule is Cc1cc(CN2CCCC3CCCCC32)oc1C(=O)NN. The third-order valence-electron chi connectivity index (χ3n) is 5.02. The number of nitrogens with zero attached hydrogens (tertiary/aromatic N) is 1. The third kappa shape index (κ3) is 2.99. The molecule has 1 amide bonds. The molecule has 0 radical (unpaired) electrons. The van der Waals surface area contributed by atoms with Gasteiger partial charge in [0.25, 0.3) is 0 Å². The van der Waals surface area contributed by atoms with Gasteiger partial charge in [0.05, 0.1) is 6.54 Å². The predicted molar refractivity (Wildman–Crippen MR) is 80.5 cm³/mol. The molecule has 0 aromatic carbocycles. The van der Waals surface area contributed by atoms with Crippen molar-refractivity contribution in [3.05, 3.63) is 23.2 Å². The molecule has 1 aromatic heterocycles. The summed E-state index contributed by atoms with van der Waals surface area (Å²) in [5.74, 6) is 6.90. The smallest absolute Gasteiger partial charge is 0.301 e. The molecule has 116 valence electrons. The van der Waals surface area contributed by atoms with Gasteiger partial charge in [-0.2, -0.15) is 0 Å². The number of hydrogen-bond donors (Lipinski definition) is 2. The number of furan rings is 1. The Kier molecular flexibility index (Phi) is 4.31. The Morgan fingerprint density at radius 3 is 2.95 bits per heavy atom. The first-order valence-corrected chi connectivity index (χ1v) is 8.03. The summed E-state index contributed by atoms with van der Waals surface area (Å²) in [5, 5.41) is 0. The Balaban J connectivity index is 1.72. The van der Waals surface area contributed by atoms with E-state index in [1.54, 1.807) is 0 Å². The number of fused-ring (bicyclic) bond motifs is 1. The van der Waals surface area contributed by atoms with E-state index in [2.05, 4.69) is 10.3 Å². The Morgan fingerprint density at radius 1 is 1.38 bits per heavy atom. The first kappa shape index (κ1) is 14.6. The van der Waals surface area contributed by atoms with Gasteiger partial charge in [-0.1, -0.05) is 12.8 Å². The molecule has 21 heavy (non-hydrogen) atoms. The summed E-state index contributed by atoms with van der Waals surface area (Å²) < 4.78 is 5.72. The second-order valence-corrected chi connectivity index (χ2v) is 6.42. The van der Waals surface area contributed by atoms with Crippen LogP contribution in [-0.4, -0.2) is 23.4 Å². The maximum atomic E-state index is 11.6. The fourth-order valence-electron chi connectivity index (χ4n) is 4.04. The average Bonchev–Trinajstić information content (AvgIpc) is 2.87. The van der Waals surface area contributed by atoms with E-state index < -0.39 is 0 Å². The van der Waals surface area contributed by atoms with Crippen LogP contribution in [0.1, 0.15) is 60.4 Å². The molecule has 2 fully saturated rings. The number of carbonyl (C=O) groups excluding carboxylic acids is 1. The van der Waals surface area contributed by atoms with Gasteiger partial charge in [-0.15, -0.1) is 0 Å². The minimum Gasteiger partial charge on any atom is -0.454 e. The van der Waals surface area contributed by atoms with Crippen LogP contribution in [0.3, 0.4) is 0 Å². The highest BCUT2D eigenvalue weighted by molar-refractivity contribution is 5.92. The molecule has 3 N–H and O–H groups in total. The first-order chi connectivity index (χ1) is 10.2. The van der Waals surface area contributed by atoms with Gasteiger partial charge < -0.3 is 4.42 Å². The van der Waals surface area contributed by atoms with Crippen molar-refractivity contribution in [1.29, 1.82) is 0 Å². The number of nitrogens with one attached hydrogen (secondary N) is 1. The zero-order valence-electron chi connectivity index (χ0n) is 12.7. The topological polar surface area (TPSA) is 71.5 Å². The summed E-state index contributed by atoms with van der Waals surface area (Å²) >= 11 is 0. The van der Waals surface area contributed by atoms with Gasteiger partial charge in [0.2, 0.25) is 0 Å². The number of aryl methyl sites for hydroxylation is 1. The van der Waals surface area contributed by atoms with Gasteiger partial charge >= 0.3 is 5.91 Å². The summed E-state index contributed by atoms with van der Waals surface area (Å²) in [6.07, 6.45) is 8.06. The van der Waals surface area contributed by atoms with Crippen LogP contribution in [0.4, 0.5) is 0 Å². The number of amides is 1. The van der Waals surface area contributed by atoms with Crippen molar-refractivity contribution >= 4 is 5.91 Å². The summed E-state index contributed by atoms with van der Waals surface area (Å²) in [4.78, 5) is 14.2. The zero-order valence-corrected chi connectivity index (χ0v) is 12.7. The Bertz CT molecular complexity index is 510. The molecule has 1 aliphatic carbocycles. The molecule has 5 nitrogen and oxygen atoms in total. The van der Waals surface area contributed by atoms with Crippen LogP contribution in [0.15, 0.2) is 10.5 Å². The number of nitrogens with two attached hydrogens (primary N) is 1. The first-order valence-electron chi connectivity index (χ1n) is 8.03. The molecule has 1 saturated carbocycles. The van der Waals surface area contributed by atoms with E-state index in [1.165, 1.54) is 38.5 Å². The van der Waals surface area contributed by atoms with E-state index in [9.17, 15) is 4.79 Å². The number of likely N-dealkylation sites (tertiary alicyclic amines) is 1. The maximum absolute atomic E-state index is 11.6. The normalized spacial score (nSPS) is 26.4. The van der Waals surface area contributed by atoms with Crippen molar-refractivity contribution in [2.24, 2.45) is 11.8 Å². The van der Waals surface area contributed by atoms with Crippen LogP contribution in [0.5, 0.6) is 0 Å². The molecule has 2 aliphatic rings. The molecule has 0 bridgehead atoms. The Hall–Kier alpha value is -1.33. The lowest BCUT2D eigenvalue weighted by molar-refractivity contribution is 0.0490. The lowest BCUT2D eigenvalue weighted by Gasteiger charge is -2.43. The van der Waals surface area contributed by atoms with Crippen LogP contribution in [0.2, 0.25) is 0 Å². The van der Waals surface area contributed by atoms with E-state index in [1.807, 2.05) is 13.0 Å². The summed E-state index contributed by atoms with van der Waals surface area (Å²) in [6, 6.07) is 2.67. The van der Waals surface area contributed by atoms with Crippen LogP contribution in [0, 0.1) is 12.8 Å².